The van der Waals surface area contributed by atoms with Crippen LogP contribution in [0.4, 0.5) is 0 Å². The number of carbonyl (C=O) groups is 2. The third kappa shape index (κ3) is 5.28. The molecule has 1 aromatic rings. The molecule has 2 saturated heterocycles. The topological polar surface area (TPSA) is 49.9 Å². The van der Waals surface area contributed by atoms with Crippen LogP contribution in [0.2, 0.25) is 0 Å². The van der Waals surface area contributed by atoms with Gasteiger partial charge in [-0.2, -0.15) is 0 Å². The van der Waals surface area contributed by atoms with Crippen LogP contribution >= 0.6 is 11.3 Å². The van der Waals surface area contributed by atoms with Crippen LogP contribution in [0.5, 0.6) is 0 Å². The molecule has 5 nitrogen and oxygen atoms in total. The lowest BCUT2D eigenvalue weighted by molar-refractivity contribution is 0.0429. The van der Waals surface area contributed by atoms with E-state index in [1.807, 2.05) is 10.3 Å². The fourth-order valence-corrected chi connectivity index (χ4v) is 5.96. The summed E-state index contributed by atoms with van der Waals surface area (Å²) in [5, 5.41) is 1.84. The number of likely N-dealkylation sites (tertiary alicyclic amines) is 1. The number of hydrogen-bond acceptors (Lipinski definition) is 5. The number of ether oxygens (including phenoxy) is 1. The summed E-state index contributed by atoms with van der Waals surface area (Å²) in [6.07, 6.45) is 10.1. The first-order valence-corrected chi connectivity index (χ1v) is 12.2. The summed E-state index contributed by atoms with van der Waals surface area (Å²) in [7, 11) is 0. The second-order valence-corrected chi connectivity index (χ2v) is 9.93. The third-order valence-electron chi connectivity index (χ3n) is 6.90. The molecule has 29 heavy (non-hydrogen) atoms. The Balaban J connectivity index is 1.38. The molecule has 3 fully saturated rings. The monoisotopic (exact) mass is 418 g/mol. The van der Waals surface area contributed by atoms with Gasteiger partial charge < -0.3 is 14.5 Å². The molecule has 1 amide bonds. The number of piperidine rings is 1. The molecule has 1 saturated carbocycles. The van der Waals surface area contributed by atoms with Crippen molar-refractivity contribution in [2.24, 2.45) is 5.92 Å². The SMILES string of the molecule is CC(=O)c1cc(C(=O)N(CC2CCN(C3CCCC3)CC2)C[C@H]2CCCO2)cs1. The first-order valence-electron chi connectivity index (χ1n) is 11.3. The Hall–Kier alpha value is -1.24. The summed E-state index contributed by atoms with van der Waals surface area (Å²) in [4.78, 5) is 30.3. The van der Waals surface area contributed by atoms with Crippen LogP contribution in [-0.2, 0) is 4.74 Å². The second-order valence-electron chi connectivity index (χ2n) is 9.02. The fourth-order valence-electron chi connectivity index (χ4n) is 5.17. The van der Waals surface area contributed by atoms with Crippen LogP contribution in [0.15, 0.2) is 11.4 Å². The lowest BCUT2D eigenvalue weighted by Crippen LogP contribution is -2.45. The molecule has 3 aliphatic rings. The third-order valence-corrected chi connectivity index (χ3v) is 7.93. The van der Waals surface area contributed by atoms with Crippen LogP contribution in [0.3, 0.4) is 0 Å². The van der Waals surface area contributed by atoms with Gasteiger partial charge in [-0.05, 0) is 70.5 Å². The van der Waals surface area contributed by atoms with Crippen molar-refractivity contribution in [1.29, 1.82) is 0 Å². The quantitative estimate of drug-likeness (QED) is 0.622. The summed E-state index contributed by atoms with van der Waals surface area (Å²) >= 11 is 1.37. The minimum Gasteiger partial charge on any atom is -0.376 e. The minimum absolute atomic E-state index is 0.0269. The lowest BCUT2D eigenvalue weighted by Gasteiger charge is -2.38. The van der Waals surface area contributed by atoms with Gasteiger partial charge in [0, 0.05) is 31.1 Å². The molecule has 0 unspecified atom stereocenters. The molecule has 4 rings (SSSR count). The van der Waals surface area contributed by atoms with E-state index in [1.54, 1.807) is 13.0 Å². The molecule has 1 aliphatic carbocycles. The van der Waals surface area contributed by atoms with E-state index in [4.69, 9.17) is 4.74 Å². The van der Waals surface area contributed by atoms with E-state index in [1.165, 1.54) is 63.0 Å². The van der Waals surface area contributed by atoms with Crippen molar-refractivity contribution in [2.75, 3.05) is 32.8 Å². The predicted molar refractivity (Wildman–Crippen MR) is 116 cm³/mol. The van der Waals surface area contributed by atoms with Gasteiger partial charge in [0.05, 0.1) is 16.5 Å². The highest BCUT2D eigenvalue weighted by atomic mass is 32.1. The lowest BCUT2D eigenvalue weighted by atomic mass is 9.94. The van der Waals surface area contributed by atoms with Gasteiger partial charge in [-0.3, -0.25) is 9.59 Å². The fraction of sp³-hybridized carbons (Fsp3) is 0.739. The van der Waals surface area contributed by atoms with E-state index in [2.05, 4.69) is 4.90 Å². The first kappa shape index (κ1) is 21.0. The Labute approximate surface area is 178 Å². The number of amides is 1. The maximum absolute atomic E-state index is 13.3. The van der Waals surface area contributed by atoms with Crippen molar-refractivity contribution in [2.45, 2.75) is 70.4 Å². The Morgan fingerprint density at radius 1 is 1.10 bits per heavy atom. The number of thiophene rings is 1. The van der Waals surface area contributed by atoms with E-state index in [0.717, 1.165) is 32.0 Å². The van der Waals surface area contributed by atoms with Gasteiger partial charge in [-0.15, -0.1) is 11.3 Å². The molecular weight excluding hydrogens is 384 g/mol. The Morgan fingerprint density at radius 2 is 1.86 bits per heavy atom. The van der Waals surface area contributed by atoms with Crippen LogP contribution in [-0.4, -0.2) is 66.4 Å². The Bertz CT molecular complexity index is 699. The summed E-state index contributed by atoms with van der Waals surface area (Å²) < 4.78 is 5.83. The molecule has 1 aromatic heterocycles. The van der Waals surface area contributed by atoms with Gasteiger partial charge in [-0.1, -0.05) is 12.8 Å². The zero-order chi connectivity index (χ0) is 20.2. The maximum Gasteiger partial charge on any atom is 0.254 e. The van der Waals surface area contributed by atoms with E-state index >= 15 is 0 Å². The van der Waals surface area contributed by atoms with Crippen LogP contribution in [0, 0.1) is 5.92 Å². The van der Waals surface area contributed by atoms with E-state index < -0.39 is 0 Å². The van der Waals surface area contributed by atoms with Crippen molar-refractivity contribution in [3.8, 4) is 0 Å². The molecule has 6 heteroatoms. The molecule has 1 atom stereocenters. The highest BCUT2D eigenvalue weighted by molar-refractivity contribution is 7.12. The molecule has 0 bridgehead atoms. The van der Waals surface area contributed by atoms with Crippen LogP contribution in [0.1, 0.15) is 78.3 Å². The molecule has 3 heterocycles. The number of Topliss-reactive ketones (excluding diaryl/α,β-unsaturated/α-hetero) is 1. The average molecular weight is 419 g/mol. The smallest absolute Gasteiger partial charge is 0.254 e. The summed E-state index contributed by atoms with van der Waals surface area (Å²) in [5.41, 5.74) is 0.654. The first-order chi connectivity index (χ1) is 14.1. The number of nitrogens with zero attached hydrogens (tertiary/aromatic N) is 2. The Morgan fingerprint density at radius 3 is 2.48 bits per heavy atom. The van der Waals surface area contributed by atoms with Crippen molar-refractivity contribution in [3.05, 3.63) is 21.9 Å². The summed E-state index contributed by atoms with van der Waals surface area (Å²) in [5.74, 6) is 0.644. The second kappa shape index (κ2) is 9.71. The zero-order valence-corrected chi connectivity index (χ0v) is 18.4. The van der Waals surface area contributed by atoms with Gasteiger partial charge in [-0.25, -0.2) is 0 Å². The molecule has 0 radical (unpaired) electrons. The van der Waals surface area contributed by atoms with Gasteiger partial charge in [0.1, 0.15) is 0 Å². The number of hydrogen-bond donors (Lipinski definition) is 0. The van der Waals surface area contributed by atoms with E-state index in [9.17, 15) is 9.59 Å². The molecule has 0 aromatic carbocycles. The van der Waals surface area contributed by atoms with Crippen LogP contribution in [0.25, 0.3) is 0 Å². The zero-order valence-electron chi connectivity index (χ0n) is 17.6. The molecule has 2 aliphatic heterocycles. The van der Waals surface area contributed by atoms with Gasteiger partial charge >= 0.3 is 0 Å². The molecule has 160 valence electrons. The molecule has 0 spiro atoms. The van der Waals surface area contributed by atoms with Crippen LogP contribution < -0.4 is 0 Å². The molecule has 0 N–H and O–H groups in total. The average Bonchev–Trinajstić information content (AvgIpc) is 3.50. The normalized spacial score (nSPS) is 24.2. The largest absolute Gasteiger partial charge is 0.376 e. The highest BCUT2D eigenvalue weighted by Gasteiger charge is 2.30. The molecular formula is C23H34N2O3S. The van der Waals surface area contributed by atoms with Gasteiger partial charge in [0.15, 0.2) is 5.78 Å². The predicted octanol–water partition coefficient (Wildman–Crippen LogP) is 4.23. The highest BCUT2D eigenvalue weighted by Crippen LogP contribution is 2.29. The number of carbonyl (C=O) groups excluding carboxylic acids is 2. The van der Waals surface area contributed by atoms with E-state index in [0.29, 0.717) is 22.9 Å². The summed E-state index contributed by atoms with van der Waals surface area (Å²) in [6.45, 7) is 6.19. The Kier molecular flexibility index (Phi) is 7.04. The van der Waals surface area contributed by atoms with Crippen molar-refractivity contribution < 1.29 is 14.3 Å². The van der Waals surface area contributed by atoms with Crippen molar-refractivity contribution in [1.82, 2.24) is 9.80 Å². The maximum atomic E-state index is 13.3. The van der Waals surface area contributed by atoms with E-state index in [-0.39, 0.29) is 17.8 Å². The minimum atomic E-state index is 0.0269. The number of rotatable bonds is 7. The summed E-state index contributed by atoms with van der Waals surface area (Å²) in [6, 6.07) is 2.57. The standard InChI is InChI=1S/C23H34N2O3S/c1-17(26)22-13-19(16-29-22)23(27)25(15-21-7-4-12-28-21)14-18-8-10-24(11-9-18)20-5-2-3-6-20/h13,16,18,20-21H,2-12,14-15H2,1H3/t21-/m1/s1. The van der Waals surface area contributed by atoms with Crippen molar-refractivity contribution in [3.63, 3.8) is 0 Å². The number of ketones is 1. The van der Waals surface area contributed by atoms with Gasteiger partial charge in [0.25, 0.3) is 5.91 Å². The van der Waals surface area contributed by atoms with Gasteiger partial charge in [0.2, 0.25) is 0 Å². The van der Waals surface area contributed by atoms with Crippen molar-refractivity contribution >= 4 is 23.0 Å².